The number of carbonyl (C=O) groups excluding carboxylic acids is 1. The summed E-state index contributed by atoms with van der Waals surface area (Å²) < 4.78 is 0. The highest BCUT2D eigenvalue weighted by Gasteiger charge is 2.11. The maximum absolute atomic E-state index is 12.3. The van der Waals surface area contributed by atoms with Crippen molar-refractivity contribution in [2.24, 2.45) is 0 Å². The Kier molecular flexibility index (Phi) is 6.56. The van der Waals surface area contributed by atoms with Gasteiger partial charge in [-0.2, -0.15) is 0 Å². The Bertz CT molecular complexity index is 617. The van der Waals surface area contributed by atoms with Gasteiger partial charge in [-0.3, -0.25) is 9.69 Å². The maximum Gasteiger partial charge on any atom is 0.238 e. The SMILES string of the molecule is C=CCN(CC(=O)Nc1ccc(C(C)C)cc1)Cc1cccs1. The summed E-state index contributed by atoms with van der Waals surface area (Å²) in [4.78, 5) is 15.6. The first kappa shape index (κ1) is 17.4. The molecule has 4 heteroatoms. The van der Waals surface area contributed by atoms with Gasteiger partial charge in [0.15, 0.2) is 0 Å². The van der Waals surface area contributed by atoms with E-state index in [2.05, 4.69) is 54.2 Å². The van der Waals surface area contributed by atoms with E-state index in [0.29, 0.717) is 19.0 Å². The maximum atomic E-state index is 12.3. The second-order valence-electron chi connectivity index (χ2n) is 5.86. The Hall–Kier alpha value is -1.91. The normalized spacial score (nSPS) is 11.0. The summed E-state index contributed by atoms with van der Waals surface area (Å²) in [5.74, 6) is 0.495. The Morgan fingerprint density at radius 1 is 1.30 bits per heavy atom. The first-order chi connectivity index (χ1) is 11.1. The van der Waals surface area contributed by atoms with Gasteiger partial charge in [-0.05, 0) is 35.1 Å². The molecule has 0 spiro atoms. The average Bonchev–Trinajstić information content (AvgIpc) is 3.01. The molecule has 1 aromatic carbocycles. The van der Waals surface area contributed by atoms with E-state index < -0.39 is 0 Å². The number of anilines is 1. The molecular weight excluding hydrogens is 304 g/mol. The van der Waals surface area contributed by atoms with Crippen LogP contribution < -0.4 is 5.32 Å². The average molecular weight is 328 g/mol. The number of nitrogens with one attached hydrogen (secondary N) is 1. The zero-order valence-corrected chi connectivity index (χ0v) is 14.6. The summed E-state index contributed by atoms with van der Waals surface area (Å²) in [5, 5.41) is 5.02. The fourth-order valence-electron chi connectivity index (χ4n) is 2.35. The van der Waals surface area contributed by atoms with E-state index in [1.165, 1.54) is 10.4 Å². The Labute approximate surface area is 142 Å². The lowest BCUT2D eigenvalue weighted by Crippen LogP contribution is -2.32. The molecule has 1 aromatic heterocycles. The summed E-state index contributed by atoms with van der Waals surface area (Å²) in [6.45, 7) is 9.91. The molecule has 122 valence electrons. The summed E-state index contributed by atoms with van der Waals surface area (Å²) in [6, 6.07) is 12.2. The third kappa shape index (κ3) is 5.66. The van der Waals surface area contributed by atoms with E-state index in [-0.39, 0.29) is 5.91 Å². The Morgan fingerprint density at radius 3 is 2.61 bits per heavy atom. The third-order valence-electron chi connectivity index (χ3n) is 3.58. The molecule has 0 radical (unpaired) electrons. The van der Waals surface area contributed by atoms with Gasteiger partial charge in [-0.15, -0.1) is 17.9 Å². The lowest BCUT2D eigenvalue weighted by molar-refractivity contribution is -0.117. The van der Waals surface area contributed by atoms with Crippen molar-refractivity contribution in [1.82, 2.24) is 4.90 Å². The van der Waals surface area contributed by atoms with Crippen LogP contribution in [0.1, 0.15) is 30.2 Å². The molecule has 1 heterocycles. The van der Waals surface area contributed by atoms with E-state index in [1.54, 1.807) is 11.3 Å². The molecule has 0 aliphatic heterocycles. The van der Waals surface area contributed by atoms with Crippen molar-refractivity contribution in [3.63, 3.8) is 0 Å². The molecule has 0 bridgehead atoms. The van der Waals surface area contributed by atoms with E-state index in [0.717, 1.165) is 12.2 Å². The highest BCUT2D eigenvalue weighted by atomic mass is 32.1. The summed E-state index contributed by atoms with van der Waals surface area (Å²) in [7, 11) is 0. The standard InChI is InChI=1S/C19H24N2OS/c1-4-11-21(13-18-6-5-12-23-18)14-19(22)20-17-9-7-16(8-10-17)15(2)3/h4-10,12,15H,1,11,13-14H2,2-3H3,(H,20,22). The van der Waals surface area contributed by atoms with Gasteiger partial charge >= 0.3 is 0 Å². The number of rotatable bonds is 8. The molecule has 2 aromatic rings. The van der Waals surface area contributed by atoms with E-state index in [1.807, 2.05) is 24.3 Å². The first-order valence-corrected chi connectivity index (χ1v) is 8.72. The molecular formula is C19H24N2OS. The van der Waals surface area contributed by atoms with Gasteiger partial charge < -0.3 is 5.32 Å². The zero-order valence-electron chi connectivity index (χ0n) is 13.8. The van der Waals surface area contributed by atoms with E-state index in [4.69, 9.17) is 0 Å². The lowest BCUT2D eigenvalue weighted by atomic mass is 10.0. The molecule has 0 saturated heterocycles. The number of thiophene rings is 1. The van der Waals surface area contributed by atoms with Crippen LogP contribution in [0.15, 0.2) is 54.4 Å². The van der Waals surface area contributed by atoms with Gasteiger partial charge in [0.05, 0.1) is 6.54 Å². The molecule has 1 N–H and O–H groups in total. The fourth-order valence-corrected chi connectivity index (χ4v) is 3.09. The van der Waals surface area contributed by atoms with Gasteiger partial charge in [0.1, 0.15) is 0 Å². The quantitative estimate of drug-likeness (QED) is 0.724. The monoisotopic (exact) mass is 328 g/mol. The highest BCUT2D eigenvalue weighted by Crippen LogP contribution is 2.17. The zero-order chi connectivity index (χ0) is 16.7. The second-order valence-corrected chi connectivity index (χ2v) is 6.89. The van der Waals surface area contributed by atoms with Crippen molar-refractivity contribution in [2.45, 2.75) is 26.3 Å². The minimum atomic E-state index is 0.000651. The fraction of sp³-hybridized carbons (Fsp3) is 0.316. The molecule has 2 rings (SSSR count). The van der Waals surface area contributed by atoms with Crippen LogP contribution in [0.4, 0.5) is 5.69 Å². The molecule has 0 saturated carbocycles. The smallest absolute Gasteiger partial charge is 0.238 e. The third-order valence-corrected chi connectivity index (χ3v) is 4.44. The van der Waals surface area contributed by atoms with Crippen LogP contribution in [-0.2, 0) is 11.3 Å². The molecule has 0 aliphatic carbocycles. The summed E-state index contributed by atoms with van der Waals surface area (Å²) in [5.41, 5.74) is 2.11. The molecule has 0 atom stereocenters. The number of hydrogen-bond donors (Lipinski definition) is 1. The van der Waals surface area contributed by atoms with Gasteiger partial charge in [0.2, 0.25) is 5.91 Å². The minimum Gasteiger partial charge on any atom is -0.325 e. The van der Waals surface area contributed by atoms with Crippen molar-refractivity contribution in [3.8, 4) is 0 Å². The topological polar surface area (TPSA) is 32.3 Å². The van der Waals surface area contributed by atoms with Crippen molar-refractivity contribution >= 4 is 22.9 Å². The van der Waals surface area contributed by atoms with Crippen molar-refractivity contribution in [1.29, 1.82) is 0 Å². The number of amides is 1. The van der Waals surface area contributed by atoms with Crippen LogP contribution in [0.2, 0.25) is 0 Å². The lowest BCUT2D eigenvalue weighted by Gasteiger charge is -2.19. The molecule has 23 heavy (non-hydrogen) atoms. The second kappa shape index (κ2) is 8.65. The van der Waals surface area contributed by atoms with Crippen LogP contribution in [0.3, 0.4) is 0 Å². The molecule has 0 unspecified atom stereocenters. The van der Waals surface area contributed by atoms with Gasteiger partial charge in [-0.25, -0.2) is 0 Å². The summed E-state index contributed by atoms with van der Waals surface area (Å²) >= 11 is 1.70. The first-order valence-electron chi connectivity index (χ1n) is 7.84. The Morgan fingerprint density at radius 2 is 2.04 bits per heavy atom. The minimum absolute atomic E-state index is 0.000651. The van der Waals surface area contributed by atoms with Gasteiger partial charge in [0.25, 0.3) is 0 Å². The van der Waals surface area contributed by atoms with Crippen LogP contribution in [0, 0.1) is 0 Å². The van der Waals surface area contributed by atoms with Gasteiger partial charge in [0, 0.05) is 23.7 Å². The van der Waals surface area contributed by atoms with Crippen LogP contribution >= 0.6 is 11.3 Å². The van der Waals surface area contributed by atoms with Crippen molar-refractivity contribution in [2.75, 3.05) is 18.4 Å². The number of carbonyl (C=O) groups is 1. The molecule has 0 fully saturated rings. The van der Waals surface area contributed by atoms with E-state index in [9.17, 15) is 4.79 Å². The predicted molar refractivity (Wildman–Crippen MR) is 99.0 cm³/mol. The molecule has 0 aliphatic rings. The number of hydrogen-bond acceptors (Lipinski definition) is 3. The highest BCUT2D eigenvalue weighted by molar-refractivity contribution is 7.09. The van der Waals surface area contributed by atoms with Crippen LogP contribution in [-0.4, -0.2) is 23.9 Å². The largest absolute Gasteiger partial charge is 0.325 e. The summed E-state index contributed by atoms with van der Waals surface area (Å²) in [6.07, 6.45) is 1.83. The Balaban J connectivity index is 1.91. The van der Waals surface area contributed by atoms with Crippen molar-refractivity contribution in [3.05, 3.63) is 64.9 Å². The van der Waals surface area contributed by atoms with Crippen molar-refractivity contribution < 1.29 is 4.79 Å². The number of benzene rings is 1. The molecule has 1 amide bonds. The van der Waals surface area contributed by atoms with Gasteiger partial charge in [-0.1, -0.05) is 38.1 Å². The number of nitrogens with zero attached hydrogens (tertiary/aromatic N) is 1. The van der Waals surface area contributed by atoms with E-state index >= 15 is 0 Å². The molecule has 3 nitrogen and oxygen atoms in total. The van der Waals surface area contributed by atoms with Crippen LogP contribution in [0.25, 0.3) is 0 Å². The predicted octanol–water partition coefficient (Wildman–Crippen LogP) is 4.50. The van der Waals surface area contributed by atoms with Crippen LogP contribution in [0.5, 0.6) is 0 Å².